The fourth-order valence-corrected chi connectivity index (χ4v) is 12.5. The second kappa shape index (κ2) is 11.4. The molecule has 4 rings (SSSR count). The molecule has 0 amide bonds. The number of hydrogen-bond acceptors (Lipinski definition) is 7. The first kappa shape index (κ1) is 30.5. The third kappa shape index (κ3) is 6.06. The summed E-state index contributed by atoms with van der Waals surface area (Å²) in [6.07, 6.45) is 3.85. The molecule has 0 unspecified atom stereocenters. The van der Waals surface area contributed by atoms with Crippen LogP contribution in [0.3, 0.4) is 0 Å². The highest BCUT2D eigenvalue weighted by atomic mass is 28.4. The van der Waals surface area contributed by atoms with E-state index in [-0.39, 0.29) is 23.9 Å². The summed E-state index contributed by atoms with van der Waals surface area (Å²) in [5.74, 6) is 1.50. The van der Waals surface area contributed by atoms with E-state index in [4.69, 9.17) is 19.0 Å². The van der Waals surface area contributed by atoms with E-state index in [0.29, 0.717) is 22.4 Å². The summed E-state index contributed by atoms with van der Waals surface area (Å²) in [6.45, 7) is 22.9. The van der Waals surface area contributed by atoms with E-state index in [2.05, 4.69) is 89.4 Å². The molecule has 0 aliphatic carbocycles. The van der Waals surface area contributed by atoms with Gasteiger partial charge in [-0.3, -0.25) is 0 Å². The number of ether oxygens (including phenoxy) is 2. The Morgan fingerprint density at radius 3 is 2.15 bits per heavy atom. The second-order valence-corrected chi connectivity index (χ2v) is 19.1. The van der Waals surface area contributed by atoms with E-state index in [1.54, 1.807) is 7.11 Å². The molecule has 1 aromatic carbocycles. The maximum absolute atomic E-state index is 6.94. The number of piperidine rings is 1. The molecule has 1 aliphatic heterocycles. The van der Waals surface area contributed by atoms with Crippen LogP contribution in [-0.2, 0) is 4.74 Å². The van der Waals surface area contributed by atoms with Crippen molar-refractivity contribution in [1.29, 1.82) is 0 Å². The highest BCUT2D eigenvalue weighted by molar-refractivity contribution is 6.78. The Labute approximate surface area is 241 Å². The van der Waals surface area contributed by atoms with Crippen molar-refractivity contribution in [3.8, 4) is 22.8 Å². The zero-order valence-corrected chi connectivity index (χ0v) is 27.3. The van der Waals surface area contributed by atoms with Gasteiger partial charge in [-0.05, 0) is 75.4 Å². The normalized spacial score (nSPS) is 17.8. The quantitative estimate of drug-likeness (QED) is 0.200. The van der Waals surface area contributed by atoms with Gasteiger partial charge in [-0.25, -0.2) is 4.68 Å². The van der Waals surface area contributed by atoms with E-state index in [9.17, 15) is 0 Å². The number of nitrogens with one attached hydrogen (secondary N) is 1. The number of methoxy groups -OCH3 is 1. The lowest BCUT2D eigenvalue weighted by molar-refractivity contribution is 0.0514. The Morgan fingerprint density at radius 2 is 1.57 bits per heavy atom. The van der Waals surface area contributed by atoms with Crippen LogP contribution in [0.5, 0.6) is 11.5 Å². The van der Waals surface area contributed by atoms with Crippen molar-refractivity contribution in [1.82, 2.24) is 25.3 Å². The Morgan fingerprint density at radius 1 is 0.950 bits per heavy atom. The molecule has 1 fully saturated rings. The number of aromatic nitrogens is 4. The Kier molecular flexibility index (Phi) is 8.69. The Balaban J connectivity index is 1.70. The summed E-state index contributed by atoms with van der Waals surface area (Å²) in [5.41, 5.74) is 3.82. The van der Waals surface area contributed by atoms with E-state index in [1.807, 2.05) is 30.5 Å². The van der Waals surface area contributed by atoms with Gasteiger partial charge in [0.2, 0.25) is 0 Å². The van der Waals surface area contributed by atoms with Gasteiger partial charge < -0.3 is 19.2 Å². The van der Waals surface area contributed by atoms with Crippen LogP contribution in [-0.4, -0.2) is 53.3 Å². The van der Waals surface area contributed by atoms with Gasteiger partial charge in [0, 0.05) is 35.2 Å². The Bertz CT molecular complexity index is 1280. The van der Waals surface area contributed by atoms with Crippen LogP contribution in [0.25, 0.3) is 22.3 Å². The Hall–Kier alpha value is -2.49. The molecular weight excluding hydrogens is 518 g/mol. The van der Waals surface area contributed by atoms with Crippen molar-refractivity contribution in [2.75, 3.05) is 13.9 Å². The summed E-state index contributed by atoms with van der Waals surface area (Å²) in [4.78, 5) is 0. The summed E-state index contributed by atoms with van der Waals surface area (Å²) in [5, 5.41) is 18.8. The third-order valence-corrected chi connectivity index (χ3v) is 14.4. The third-order valence-electron chi connectivity index (χ3n) is 8.42. The molecule has 220 valence electrons. The zero-order chi connectivity index (χ0) is 29.5. The molecule has 3 aromatic rings. The van der Waals surface area contributed by atoms with Crippen LogP contribution in [0.1, 0.15) is 88.1 Å². The summed E-state index contributed by atoms with van der Waals surface area (Å²) >= 11 is 0. The molecule has 1 N–H and O–H groups in total. The zero-order valence-electron chi connectivity index (χ0n) is 26.3. The van der Waals surface area contributed by atoms with Crippen molar-refractivity contribution in [3.63, 3.8) is 0 Å². The minimum atomic E-state index is -2.12. The number of benzene rings is 1. The largest absolute Gasteiger partial charge is 0.543 e. The SMILES string of the molecule is COCOc1cc(O[Si](C(C)C)(C(C)C)C(C)C)ccc1-c1cc2cnn(C3CC(C)(C)NC(C)(C)C3)c2nn1. The lowest BCUT2D eigenvalue weighted by Gasteiger charge is -2.46. The fraction of sp³-hybridized carbons (Fsp3) is 0.645. The van der Waals surface area contributed by atoms with Crippen molar-refractivity contribution >= 4 is 19.4 Å². The molecule has 0 radical (unpaired) electrons. The minimum Gasteiger partial charge on any atom is -0.543 e. The molecule has 40 heavy (non-hydrogen) atoms. The van der Waals surface area contributed by atoms with E-state index in [0.717, 1.165) is 40.9 Å². The fourth-order valence-electron chi connectivity index (χ4n) is 7.27. The predicted molar refractivity (Wildman–Crippen MR) is 165 cm³/mol. The highest BCUT2D eigenvalue weighted by Crippen LogP contribution is 2.44. The van der Waals surface area contributed by atoms with Crippen LogP contribution in [0.2, 0.25) is 16.6 Å². The number of nitrogens with zero attached hydrogens (tertiary/aromatic N) is 4. The molecular formula is C31H49N5O3Si. The van der Waals surface area contributed by atoms with Crippen LogP contribution >= 0.6 is 0 Å². The monoisotopic (exact) mass is 567 g/mol. The first-order valence-electron chi connectivity index (χ1n) is 14.6. The maximum Gasteiger partial charge on any atom is 0.258 e. The first-order chi connectivity index (χ1) is 18.7. The number of rotatable bonds is 10. The minimum absolute atomic E-state index is 0.0105. The number of hydrogen-bond donors (Lipinski definition) is 1. The molecule has 9 heteroatoms. The average molecular weight is 568 g/mol. The summed E-state index contributed by atoms with van der Waals surface area (Å²) in [6, 6.07) is 8.34. The van der Waals surface area contributed by atoms with E-state index >= 15 is 0 Å². The first-order valence-corrected chi connectivity index (χ1v) is 16.8. The lowest BCUT2D eigenvalue weighted by atomic mass is 9.79. The topological polar surface area (TPSA) is 83.3 Å². The molecule has 2 aromatic heterocycles. The second-order valence-electron chi connectivity index (χ2n) is 13.7. The molecule has 0 atom stereocenters. The van der Waals surface area contributed by atoms with Gasteiger partial charge in [0.15, 0.2) is 12.4 Å². The predicted octanol–water partition coefficient (Wildman–Crippen LogP) is 7.51. The van der Waals surface area contributed by atoms with Gasteiger partial charge in [0.05, 0.1) is 17.9 Å². The van der Waals surface area contributed by atoms with Gasteiger partial charge in [0.25, 0.3) is 8.32 Å². The molecule has 3 heterocycles. The maximum atomic E-state index is 6.94. The van der Waals surface area contributed by atoms with Crippen molar-refractivity contribution in [2.45, 2.75) is 116 Å². The average Bonchev–Trinajstić information content (AvgIpc) is 3.27. The highest BCUT2D eigenvalue weighted by Gasteiger charge is 2.47. The van der Waals surface area contributed by atoms with Crippen molar-refractivity contribution in [2.24, 2.45) is 0 Å². The summed E-state index contributed by atoms with van der Waals surface area (Å²) < 4.78 is 20.3. The summed E-state index contributed by atoms with van der Waals surface area (Å²) in [7, 11) is -0.497. The van der Waals surface area contributed by atoms with Crippen molar-refractivity contribution in [3.05, 3.63) is 30.5 Å². The molecule has 0 saturated carbocycles. The molecule has 8 nitrogen and oxygen atoms in total. The van der Waals surface area contributed by atoms with Gasteiger partial charge in [-0.2, -0.15) is 5.10 Å². The van der Waals surface area contributed by atoms with Crippen molar-refractivity contribution < 1.29 is 13.9 Å². The van der Waals surface area contributed by atoms with E-state index in [1.165, 1.54) is 0 Å². The molecule has 0 spiro atoms. The molecule has 1 saturated heterocycles. The molecule has 1 aliphatic rings. The van der Waals surface area contributed by atoms with Crippen LogP contribution in [0, 0.1) is 0 Å². The number of fused-ring (bicyclic) bond motifs is 1. The van der Waals surface area contributed by atoms with E-state index < -0.39 is 8.32 Å². The molecule has 0 bridgehead atoms. The van der Waals surface area contributed by atoms with Gasteiger partial charge in [-0.15, -0.1) is 10.2 Å². The van der Waals surface area contributed by atoms with Gasteiger partial charge in [-0.1, -0.05) is 41.5 Å². The van der Waals surface area contributed by atoms with Crippen LogP contribution in [0.15, 0.2) is 30.5 Å². The van der Waals surface area contributed by atoms with Gasteiger partial charge >= 0.3 is 0 Å². The van der Waals surface area contributed by atoms with Crippen LogP contribution < -0.4 is 14.5 Å². The standard InChI is InChI=1S/C31H49N5O3Si/c1-20(2)40(21(3)4,22(5)6)39-25-12-13-26(28(15-25)38-19-37-11)27-14-23-18-32-36(29(23)34-33-27)24-16-30(7,8)35-31(9,10)17-24/h12-15,18,20-22,24,35H,16-17,19H2,1-11H3. The lowest BCUT2D eigenvalue weighted by Crippen LogP contribution is -2.58. The van der Waals surface area contributed by atoms with Crippen LogP contribution in [0.4, 0.5) is 0 Å². The smallest absolute Gasteiger partial charge is 0.258 e. The van der Waals surface area contributed by atoms with Gasteiger partial charge in [0.1, 0.15) is 11.5 Å².